The van der Waals surface area contributed by atoms with Gasteiger partial charge in [0.25, 0.3) is 5.91 Å². The molecule has 1 aromatic rings. The molecule has 1 aliphatic heterocycles. The van der Waals surface area contributed by atoms with Crippen LogP contribution in [0.25, 0.3) is 6.08 Å². The molecule has 0 aromatic heterocycles. The van der Waals surface area contributed by atoms with Crippen LogP contribution in [0.5, 0.6) is 0 Å². The first kappa shape index (κ1) is 13.3. The third kappa shape index (κ3) is 2.67. The zero-order chi connectivity index (χ0) is 14.2. The number of nitrogens with zero attached hydrogens (tertiary/aromatic N) is 1. The van der Waals surface area contributed by atoms with Crippen molar-refractivity contribution in [3.63, 3.8) is 0 Å². The fourth-order valence-electron chi connectivity index (χ4n) is 1.91. The van der Waals surface area contributed by atoms with E-state index in [0.29, 0.717) is 5.70 Å². The second-order valence-electron chi connectivity index (χ2n) is 5.72. The lowest BCUT2D eigenvalue weighted by Gasteiger charge is -2.18. The highest BCUT2D eigenvalue weighted by atomic mass is 16.2. The van der Waals surface area contributed by atoms with Crippen LogP contribution in [0.1, 0.15) is 31.9 Å². The molecule has 1 heterocycles. The van der Waals surface area contributed by atoms with Gasteiger partial charge in [-0.25, -0.2) is 4.79 Å². The lowest BCUT2D eigenvalue weighted by Crippen LogP contribution is -2.24. The number of rotatable bonds is 1. The fourth-order valence-corrected chi connectivity index (χ4v) is 1.91. The number of carbonyl (C=O) groups excluding carboxylic acids is 2. The number of urea groups is 1. The van der Waals surface area contributed by atoms with Crippen molar-refractivity contribution in [2.24, 2.45) is 0 Å². The van der Waals surface area contributed by atoms with Crippen LogP contribution in [0, 0.1) is 0 Å². The maximum absolute atomic E-state index is 11.6. The largest absolute Gasteiger partial charge is 0.328 e. The van der Waals surface area contributed by atoms with Crippen LogP contribution in [-0.4, -0.2) is 23.9 Å². The molecule has 0 bridgehead atoms. The van der Waals surface area contributed by atoms with Crippen molar-refractivity contribution in [2.75, 3.05) is 7.05 Å². The van der Waals surface area contributed by atoms with Crippen molar-refractivity contribution in [3.8, 4) is 0 Å². The SMILES string of the molecule is CN1C(=O)NC(=O)/C1=C/c1ccc(C(C)(C)C)cc1. The minimum absolute atomic E-state index is 0.100. The van der Waals surface area contributed by atoms with Crippen molar-refractivity contribution in [2.45, 2.75) is 26.2 Å². The Kier molecular flexibility index (Phi) is 3.18. The molecule has 1 aromatic carbocycles. The molecular formula is C15H18N2O2. The van der Waals surface area contributed by atoms with E-state index in [1.54, 1.807) is 13.1 Å². The predicted molar refractivity (Wildman–Crippen MR) is 74.4 cm³/mol. The van der Waals surface area contributed by atoms with Crippen molar-refractivity contribution < 1.29 is 9.59 Å². The Morgan fingerprint density at radius 3 is 2.11 bits per heavy atom. The molecule has 1 fully saturated rings. The highest BCUT2D eigenvalue weighted by Gasteiger charge is 2.29. The maximum Gasteiger partial charge on any atom is 0.328 e. The molecular weight excluding hydrogens is 240 g/mol. The molecule has 0 aliphatic carbocycles. The zero-order valence-corrected chi connectivity index (χ0v) is 11.7. The van der Waals surface area contributed by atoms with Crippen LogP contribution in [-0.2, 0) is 10.2 Å². The molecule has 1 aliphatic rings. The van der Waals surface area contributed by atoms with E-state index in [-0.39, 0.29) is 17.4 Å². The molecule has 1 saturated heterocycles. The second kappa shape index (κ2) is 4.53. The lowest BCUT2D eigenvalue weighted by atomic mass is 9.87. The van der Waals surface area contributed by atoms with E-state index in [1.807, 2.05) is 24.3 Å². The summed E-state index contributed by atoms with van der Waals surface area (Å²) in [5.41, 5.74) is 2.60. The summed E-state index contributed by atoms with van der Waals surface area (Å²) in [4.78, 5) is 24.2. The van der Waals surface area contributed by atoms with Crippen molar-refractivity contribution >= 4 is 18.0 Å². The average molecular weight is 258 g/mol. The van der Waals surface area contributed by atoms with E-state index in [0.717, 1.165) is 5.56 Å². The monoisotopic (exact) mass is 258 g/mol. The van der Waals surface area contributed by atoms with Crippen LogP contribution in [0.15, 0.2) is 30.0 Å². The van der Waals surface area contributed by atoms with Gasteiger partial charge >= 0.3 is 6.03 Å². The van der Waals surface area contributed by atoms with Gasteiger partial charge < -0.3 is 0 Å². The average Bonchev–Trinajstić information content (AvgIpc) is 2.56. The number of carbonyl (C=O) groups is 2. The number of imide groups is 1. The van der Waals surface area contributed by atoms with Crippen molar-refractivity contribution in [3.05, 3.63) is 41.1 Å². The standard InChI is InChI=1S/C15H18N2O2/c1-15(2,3)11-7-5-10(6-8-11)9-12-13(18)16-14(19)17(12)4/h5-9H,1-4H3,(H,16,18,19)/b12-9-. The van der Waals surface area contributed by atoms with Gasteiger partial charge in [-0.1, -0.05) is 45.0 Å². The van der Waals surface area contributed by atoms with E-state index in [4.69, 9.17) is 0 Å². The van der Waals surface area contributed by atoms with Gasteiger partial charge in [0.1, 0.15) is 5.70 Å². The molecule has 19 heavy (non-hydrogen) atoms. The smallest absolute Gasteiger partial charge is 0.292 e. The van der Waals surface area contributed by atoms with Crippen molar-refractivity contribution in [1.29, 1.82) is 0 Å². The molecule has 2 rings (SSSR count). The Morgan fingerprint density at radius 2 is 1.68 bits per heavy atom. The number of likely N-dealkylation sites (N-methyl/N-ethyl adjacent to an activating group) is 1. The summed E-state index contributed by atoms with van der Waals surface area (Å²) in [6.45, 7) is 6.45. The third-order valence-corrected chi connectivity index (χ3v) is 3.20. The van der Waals surface area contributed by atoms with E-state index in [1.165, 1.54) is 10.5 Å². The predicted octanol–water partition coefficient (Wildman–Crippen LogP) is 2.51. The van der Waals surface area contributed by atoms with Gasteiger partial charge in [-0.05, 0) is 22.6 Å². The summed E-state index contributed by atoms with van der Waals surface area (Å²) < 4.78 is 0. The first-order valence-electron chi connectivity index (χ1n) is 6.20. The number of amides is 3. The van der Waals surface area contributed by atoms with Crippen LogP contribution < -0.4 is 5.32 Å². The second-order valence-corrected chi connectivity index (χ2v) is 5.72. The Morgan fingerprint density at radius 1 is 1.11 bits per heavy atom. The first-order chi connectivity index (χ1) is 8.79. The Labute approximate surface area is 113 Å². The van der Waals surface area contributed by atoms with E-state index >= 15 is 0 Å². The van der Waals surface area contributed by atoms with Gasteiger partial charge in [0.15, 0.2) is 0 Å². The highest BCUT2D eigenvalue weighted by molar-refractivity contribution is 6.13. The summed E-state index contributed by atoms with van der Waals surface area (Å²) in [6, 6.07) is 7.61. The number of nitrogens with one attached hydrogen (secondary N) is 1. The van der Waals surface area contributed by atoms with E-state index < -0.39 is 0 Å². The van der Waals surface area contributed by atoms with Gasteiger partial charge in [-0.2, -0.15) is 0 Å². The lowest BCUT2D eigenvalue weighted by molar-refractivity contribution is -0.115. The van der Waals surface area contributed by atoms with Crippen LogP contribution in [0.4, 0.5) is 4.79 Å². The zero-order valence-electron chi connectivity index (χ0n) is 11.7. The van der Waals surface area contributed by atoms with Gasteiger partial charge in [0, 0.05) is 7.05 Å². The summed E-state index contributed by atoms with van der Waals surface area (Å²) in [7, 11) is 1.58. The summed E-state index contributed by atoms with van der Waals surface area (Å²) in [6.07, 6.45) is 1.71. The molecule has 0 spiro atoms. The number of hydrogen-bond acceptors (Lipinski definition) is 2. The number of hydrogen-bond donors (Lipinski definition) is 1. The molecule has 0 unspecified atom stereocenters. The van der Waals surface area contributed by atoms with E-state index in [2.05, 4.69) is 26.1 Å². The number of benzene rings is 1. The normalized spacial score (nSPS) is 18.1. The molecule has 3 amide bonds. The molecule has 100 valence electrons. The summed E-state index contributed by atoms with van der Waals surface area (Å²) in [5, 5.41) is 2.25. The van der Waals surface area contributed by atoms with E-state index in [9.17, 15) is 9.59 Å². The van der Waals surface area contributed by atoms with Gasteiger partial charge in [0.05, 0.1) is 0 Å². The third-order valence-electron chi connectivity index (χ3n) is 3.20. The molecule has 4 heteroatoms. The summed E-state index contributed by atoms with van der Waals surface area (Å²) in [5.74, 6) is -0.354. The topological polar surface area (TPSA) is 49.4 Å². The van der Waals surface area contributed by atoms with Crippen LogP contribution in [0.3, 0.4) is 0 Å². The maximum atomic E-state index is 11.6. The molecule has 4 nitrogen and oxygen atoms in total. The molecule has 0 atom stereocenters. The van der Waals surface area contributed by atoms with Crippen LogP contribution >= 0.6 is 0 Å². The molecule has 0 saturated carbocycles. The quantitative estimate of drug-likeness (QED) is 0.621. The van der Waals surface area contributed by atoms with Crippen molar-refractivity contribution in [1.82, 2.24) is 10.2 Å². The van der Waals surface area contributed by atoms with Crippen LogP contribution in [0.2, 0.25) is 0 Å². The molecule has 1 N–H and O–H groups in total. The Hall–Kier alpha value is -2.10. The fraction of sp³-hybridized carbons (Fsp3) is 0.333. The molecule has 0 radical (unpaired) electrons. The van der Waals surface area contributed by atoms with Gasteiger partial charge in [0.2, 0.25) is 0 Å². The summed E-state index contributed by atoms with van der Waals surface area (Å²) >= 11 is 0. The Balaban J connectivity index is 2.29. The highest BCUT2D eigenvalue weighted by Crippen LogP contribution is 2.23. The Bertz CT molecular complexity index is 551. The minimum atomic E-state index is -0.387. The van der Waals surface area contributed by atoms with Gasteiger partial charge in [-0.3, -0.25) is 15.0 Å². The first-order valence-corrected chi connectivity index (χ1v) is 6.20. The minimum Gasteiger partial charge on any atom is -0.292 e. The van der Waals surface area contributed by atoms with Gasteiger partial charge in [-0.15, -0.1) is 0 Å².